The van der Waals surface area contributed by atoms with E-state index in [2.05, 4.69) is 0 Å². The van der Waals surface area contributed by atoms with Gasteiger partial charge in [-0.2, -0.15) is 0 Å². The standard InChI is InChI=1S/C13H8ClN3O5S/c14-23(21,22)8-4-2-1-3-7(8)17-9(18)5-6-10(11(17)15)13(20)16-12(6)19/h1-5H,15H2,(H,16,19,20). The summed E-state index contributed by atoms with van der Waals surface area (Å²) in [5.74, 6) is -1.84. The summed E-state index contributed by atoms with van der Waals surface area (Å²) in [5.41, 5.74) is 4.63. The SMILES string of the molecule is Nc1c2c(cc(=O)n1-c1ccccc1S(=O)(=O)Cl)C(=O)NC2=O. The predicted molar refractivity (Wildman–Crippen MR) is 81.3 cm³/mol. The van der Waals surface area contributed by atoms with Crippen LogP contribution in [0.15, 0.2) is 40.0 Å². The first-order chi connectivity index (χ1) is 10.7. The van der Waals surface area contributed by atoms with Crippen molar-refractivity contribution in [2.45, 2.75) is 4.90 Å². The van der Waals surface area contributed by atoms with Gasteiger partial charge in [-0.05, 0) is 12.1 Å². The summed E-state index contributed by atoms with van der Waals surface area (Å²) in [6.07, 6.45) is 0. The van der Waals surface area contributed by atoms with Crippen molar-refractivity contribution in [1.29, 1.82) is 0 Å². The molecule has 0 fully saturated rings. The van der Waals surface area contributed by atoms with Crippen LogP contribution in [-0.4, -0.2) is 24.8 Å². The number of hydrogen-bond acceptors (Lipinski definition) is 6. The van der Waals surface area contributed by atoms with Crippen molar-refractivity contribution in [3.63, 3.8) is 0 Å². The summed E-state index contributed by atoms with van der Waals surface area (Å²) in [5, 5.41) is 2.02. The lowest BCUT2D eigenvalue weighted by Gasteiger charge is -2.14. The van der Waals surface area contributed by atoms with Crippen LogP contribution in [0.25, 0.3) is 5.69 Å². The average molecular weight is 354 g/mol. The van der Waals surface area contributed by atoms with Crippen LogP contribution in [0.4, 0.5) is 5.82 Å². The lowest BCUT2D eigenvalue weighted by Crippen LogP contribution is -2.25. The zero-order valence-corrected chi connectivity index (χ0v) is 12.8. The number of nitrogens with one attached hydrogen (secondary N) is 1. The highest BCUT2D eigenvalue weighted by atomic mass is 35.7. The lowest BCUT2D eigenvalue weighted by atomic mass is 10.1. The lowest BCUT2D eigenvalue weighted by molar-refractivity contribution is 0.0880. The number of nitrogens with two attached hydrogens (primary N) is 1. The zero-order chi connectivity index (χ0) is 16.9. The minimum atomic E-state index is -4.16. The summed E-state index contributed by atoms with van der Waals surface area (Å²) >= 11 is 0. The van der Waals surface area contributed by atoms with Gasteiger partial charge >= 0.3 is 0 Å². The molecule has 10 heteroatoms. The molecule has 0 saturated carbocycles. The third-order valence-corrected chi connectivity index (χ3v) is 4.69. The highest BCUT2D eigenvalue weighted by Crippen LogP contribution is 2.27. The molecule has 3 N–H and O–H groups in total. The first-order valence-electron chi connectivity index (χ1n) is 6.17. The van der Waals surface area contributed by atoms with E-state index < -0.39 is 26.4 Å². The van der Waals surface area contributed by atoms with Crippen LogP contribution in [0.3, 0.4) is 0 Å². The number of carbonyl (C=O) groups is 2. The third kappa shape index (κ3) is 2.30. The number of hydrogen-bond donors (Lipinski definition) is 2. The molecule has 0 unspecified atom stereocenters. The molecule has 1 aromatic heterocycles. The van der Waals surface area contributed by atoms with E-state index >= 15 is 0 Å². The molecule has 0 saturated heterocycles. The van der Waals surface area contributed by atoms with Crippen LogP contribution in [0.1, 0.15) is 20.7 Å². The van der Waals surface area contributed by atoms with Gasteiger partial charge < -0.3 is 5.73 Å². The van der Waals surface area contributed by atoms with Crippen molar-refractivity contribution in [1.82, 2.24) is 9.88 Å². The van der Waals surface area contributed by atoms with Crippen LogP contribution < -0.4 is 16.6 Å². The number of pyridine rings is 1. The molecule has 0 bridgehead atoms. The summed E-state index contributed by atoms with van der Waals surface area (Å²) < 4.78 is 24.2. The topological polar surface area (TPSA) is 128 Å². The largest absolute Gasteiger partial charge is 0.384 e. The van der Waals surface area contributed by atoms with Crippen molar-refractivity contribution in [3.8, 4) is 5.69 Å². The number of para-hydroxylation sites is 1. The molecule has 1 aromatic carbocycles. The predicted octanol–water partition coefficient (Wildman–Crippen LogP) is 0.231. The van der Waals surface area contributed by atoms with E-state index in [1.54, 1.807) is 0 Å². The van der Waals surface area contributed by atoms with Crippen molar-refractivity contribution >= 4 is 37.4 Å². The first-order valence-corrected chi connectivity index (χ1v) is 8.48. The highest BCUT2D eigenvalue weighted by molar-refractivity contribution is 8.13. The molecule has 2 heterocycles. The first kappa shape index (κ1) is 15.3. The molecule has 3 rings (SSSR count). The number of rotatable bonds is 2. The van der Waals surface area contributed by atoms with E-state index in [-0.39, 0.29) is 27.5 Å². The molecule has 1 aliphatic heterocycles. The van der Waals surface area contributed by atoms with Crippen molar-refractivity contribution in [2.75, 3.05) is 5.73 Å². The Kier molecular flexibility index (Phi) is 3.27. The number of carbonyl (C=O) groups excluding carboxylic acids is 2. The van der Waals surface area contributed by atoms with Gasteiger partial charge in [0.2, 0.25) is 0 Å². The summed E-state index contributed by atoms with van der Waals surface area (Å²) in [7, 11) is 1.21. The highest BCUT2D eigenvalue weighted by Gasteiger charge is 2.32. The zero-order valence-electron chi connectivity index (χ0n) is 11.2. The minimum Gasteiger partial charge on any atom is -0.384 e. The second-order valence-corrected chi connectivity index (χ2v) is 7.22. The Morgan fingerprint density at radius 1 is 1.09 bits per heavy atom. The van der Waals surface area contributed by atoms with Gasteiger partial charge in [-0.25, -0.2) is 8.42 Å². The molecule has 0 atom stereocenters. The molecular formula is C13H8ClN3O5S. The smallest absolute Gasteiger partial charge is 0.263 e. The van der Waals surface area contributed by atoms with Crippen LogP contribution >= 0.6 is 10.7 Å². The maximum absolute atomic E-state index is 12.3. The van der Waals surface area contributed by atoms with E-state index in [0.29, 0.717) is 0 Å². The molecule has 118 valence electrons. The quantitative estimate of drug-likeness (QED) is 0.587. The number of aromatic nitrogens is 1. The Morgan fingerprint density at radius 2 is 1.74 bits per heavy atom. The number of nitrogens with zero attached hydrogens (tertiary/aromatic N) is 1. The molecule has 2 aromatic rings. The number of benzene rings is 1. The van der Waals surface area contributed by atoms with Gasteiger partial charge in [0.05, 0.1) is 16.8 Å². The van der Waals surface area contributed by atoms with Gasteiger partial charge in [0.15, 0.2) is 0 Å². The van der Waals surface area contributed by atoms with Gasteiger partial charge in [-0.1, -0.05) is 12.1 Å². The van der Waals surface area contributed by atoms with Gasteiger partial charge in [0.1, 0.15) is 10.7 Å². The Hall–Kier alpha value is -2.65. The van der Waals surface area contributed by atoms with Crippen molar-refractivity contribution < 1.29 is 18.0 Å². The van der Waals surface area contributed by atoms with Gasteiger partial charge in [0, 0.05) is 16.7 Å². The number of halogens is 1. The molecule has 0 radical (unpaired) electrons. The number of fused-ring (bicyclic) bond motifs is 1. The van der Waals surface area contributed by atoms with Crippen molar-refractivity contribution in [2.24, 2.45) is 0 Å². The van der Waals surface area contributed by atoms with E-state index in [0.717, 1.165) is 10.6 Å². The molecule has 23 heavy (non-hydrogen) atoms. The summed E-state index contributed by atoms with van der Waals surface area (Å²) in [6, 6.07) is 6.33. The Morgan fingerprint density at radius 3 is 2.39 bits per heavy atom. The second-order valence-electron chi connectivity index (χ2n) is 4.68. The summed E-state index contributed by atoms with van der Waals surface area (Å²) in [6.45, 7) is 0. The maximum atomic E-state index is 12.3. The third-order valence-electron chi connectivity index (χ3n) is 3.32. The van der Waals surface area contributed by atoms with Crippen molar-refractivity contribution in [3.05, 3.63) is 51.8 Å². The van der Waals surface area contributed by atoms with Crippen LogP contribution in [-0.2, 0) is 9.05 Å². The monoisotopic (exact) mass is 353 g/mol. The number of amides is 2. The molecule has 1 aliphatic rings. The molecule has 0 aliphatic carbocycles. The molecule has 2 amide bonds. The number of anilines is 1. The average Bonchev–Trinajstić information content (AvgIpc) is 2.73. The Balaban J connectivity index is 2.42. The van der Waals surface area contributed by atoms with Gasteiger partial charge in [-0.3, -0.25) is 24.3 Å². The van der Waals surface area contributed by atoms with Gasteiger partial charge in [0.25, 0.3) is 26.4 Å². The molecule has 0 spiro atoms. The number of nitrogen functional groups attached to an aromatic ring is 1. The van der Waals surface area contributed by atoms with Crippen LogP contribution in [0.2, 0.25) is 0 Å². The van der Waals surface area contributed by atoms with E-state index in [9.17, 15) is 22.8 Å². The van der Waals surface area contributed by atoms with Gasteiger partial charge in [-0.15, -0.1) is 0 Å². The molecule has 8 nitrogen and oxygen atoms in total. The Bertz CT molecular complexity index is 1040. The van der Waals surface area contributed by atoms with E-state index in [1.165, 1.54) is 24.3 Å². The van der Waals surface area contributed by atoms with Crippen LogP contribution in [0.5, 0.6) is 0 Å². The number of imide groups is 1. The van der Waals surface area contributed by atoms with E-state index in [4.69, 9.17) is 16.4 Å². The normalized spacial score (nSPS) is 13.8. The second kappa shape index (κ2) is 4.93. The minimum absolute atomic E-state index is 0.111. The van der Waals surface area contributed by atoms with E-state index in [1.807, 2.05) is 5.32 Å². The maximum Gasteiger partial charge on any atom is 0.263 e. The fraction of sp³-hybridized carbons (Fsp3) is 0. The molecular weight excluding hydrogens is 346 g/mol. The summed E-state index contributed by atoms with van der Waals surface area (Å²) in [4.78, 5) is 35.3. The fourth-order valence-corrected chi connectivity index (χ4v) is 3.42. The fourth-order valence-electron chi connectivity index (χ4n) is 2.38. The Labute approximate surface area is 133 Å². The van der Waals surface area contributed by atoms with Crippen LogP contribution in [0, 0.1) is 0 Å².